The number of imide groups is 1. The van der Waals surface area contributed by atoms with E-state index in [-0.39, 0.29) is 11.5 Å². The molecule has 1 fully saturated rings. The van der Waals surface area contributed by atoms with Crippen molar-refractivity contribution in [2.75, 3.05) is 13.2 Å². The van der Waals surface area contributed by atoms with Gasteiger partial charge in [0, 0.05) is 0 Å². The lowest BCUT2D eigenvalue weighted by atomic mass is 10.2. The fourth-order valence-corrected chi connectivity index (χ4v) is 2.58. The Kier molecular flexibility index (Phi) is 5.02. The molecule has 8 nitrogen and oxygen atoms in total. The van der Waals surface area contributed by atoms with Crippen LogP contribution in [0.5, 0.6) is 5.75 Å². The highest BCUT2D eigenvalue weighted by atomic mass is 32.2. The zero-order chi connectivity index (χ0) is 17.0. The van der Waals surface area contributed by atoms with Crippen molar-refractivity contribution in [3.63, 3.8) is 0 Å². The van der Waals surface area contributed by atoms with E-state index < -0.39 is 29.6 Å². The molecule has 1 aliphatic rings. The number of nitrogens with two attached hydrogens (primary N) is 1. The summed E-state index contributed by atoms with van der Waals surface area (Å²) >= 11 is 0.680. The Labute approximate surface area is 134 Å². The van der Waals surface area contributed by atoms with E-state index in [9.17, 15) is 19.2 Å². The van der Waals surface area contributed by atoms with Gasteiger partial charge in [0.15, 0.2) is 6.61 Å². The van der Waals surface area contributed by atoms with E-state index in [0.29, 0.717) is 28.0 Å². The maximum Gasteiger partial charge on any atom is 0.323 e. The van der Waals surface area contributed by atoms with Crippen molar-refractivity contribution in [3.05, 3.63) is 34.7 Å². The van der Waals surface area contributed by atoms with Crippen LogP contribution in [0.2, 0.25) is 0 Å². The Bertz CT molecular complexity index is 698. The second kappa shape index (κ2) is 6.97. The van der Waals surface area contributed by atoms with Crippen molar-refractivity contribution >= 4 is 40.9 Å². The van der Waals surface area contributed by atoms with Gasteiger partial charge in [0.25, 0.3) is 17.1 Å². The fourth-order valence-electron chi connectivity index (χ4n) is 1.74. The third-order valence-corrected chi connectivity index (χ3v) is 3.63. The van der Waals surface area contributed by atoms with Crippen LogP contribution in [0.3, 0.4) is 0 Å². The van der Waals surface area contributed by atoms with Crippen LogP contribution in [0.4, 0.5) is 4.79 Å². The first-order valence-corrected chi connectivity index (χ1v) is 7.17. The van der Waals surface area contributed by atoms with Crippen molar-refractivity contribution in [2.24, 2.45) is 5.73 Å². The summed E-state index contributed by atoms with van der Waals surface area (Å²) in [5.41, 5.74) is 5.59. The van der Waals surface area contributed by atoms with Crippen LogP contribution in [0.25, 0.3) is 6.08 Å². The molecular weight excluding hydrogens is 324 g/mol. The molecule has 9 heteroatoms. The molecule has 1 aliphatic heterocycles. The van der Waals surface area contributed by atoms with Gasteiger partial charge in [0.1, 0.15) is 12.3 Å². The monoisotopic (exact) mass is 336 g/mol. The predicted molar refractivity (Wildman–Crippen MR) is 81.4 cm³/mol. The summed E-state index contributed by atoms with van der Waals surface area (Å²) in [7, 11) is 0. The molecule has 0 radical (unpaired) electrons. The second-order valence-electron chi connectivity index (χ2n) is 4.49. The zero-order valence-corrected chi connectivity index (χ0v) is 12.5. The van der Waals surface area contributed by atoms with Gasteiger partial charge < -0.3 is 15.6 Å². The van der Waals surface area contributed by atoms with E-state index in [1.165, 1.54) is 6.08 Å². The van der Waals surface area contributed by atoms with Crippen LogP contribution < -0.4 is 10.5 Å². The summed E-state index contributed by atoms with van der Waals surface area (Å²) in [6.45, 7) is -0.907. The van der Waals surface area contributed by atoms with E-state index in [4.69, 9.17) is 15.6 Å². The molecule has 120 valence electrons. The summed E-state index contributed by atoms with van der Waals surface area (Å²) in [6, 6.07) is 6.41. The number of aliphatic carboxylic acids is 1. The van der Waals surface area contributed by atoms with E-state index in [2.05, 4.69) is 0 Å². The Morgan fingerprint density at radius 1 is 1.26 bits per heavy atom. The SMILES string of the molecule is NC(=O)COc1ccc(/C=C2\SC(=O)N(CC(=O)O)C2=O)cc1. The molecule has 0 spiro atoms. The van der Waals surface area contributed by atoms with Gasteiger partial charge in [-0.25, -0.2) is 0 Å². The molecule has 0 saturated carbocycles. The molecule has 0 atom stereocenters. The van der Waals surface area contributed by atoms with Crippen LogP contribution >= 0.6 is 11.8 Å². The average molecular weight is 336 g/mol. The van der Waals surface area contributed by atoms with Gasteiger partial charge in [-0.3, -0.25) is 24.1 Å². The molecule has 1 aromatic rings. The molecule has 1 aromatic carbocycles. The van der Waals surface area contributed by atoms with Crippen LogP contribution in [0.1, 0.15) is 5.56 Å². The van der Waals surface area contributed by atoms with Crippen molar-refractivity contribution in [3.8, 4) is 5.75 Å². The highest BCUT2D eigenvalue weighted by Gasteiger charge is 2.36. The summed E-state index contributed by atoms with van der Waals surface area (Å²) in [4.78, 5) is 45.7. The van der Waals surface area contributed by atoms with E-state index in [0.717, 1.165) is 0 Å². The molecule has 0 unspecified atom stereocenters. The first-order chi connectivity index (χ1) is 10.9. The Morgan fingerprint density at radius 2 is 1.91 bits per heavy atom. The first kappa shape index (κ1) is 16.6. The van der Waals surface area contributed by atoms with Gasteiger partial charge in [-0.2, -0.15) is 0 Å². The normalized spacial score (nSPS) is 16.0. The third-order valence-electron chi connectivity index (χ3n) is 2.73. The Balaban J connectivity index is 2.09. The lowest BCUT2D eigenvalue weighted by Crippen LogP contribution is -2.33. The van der Waals surface area contributed by atoms with Crippen LogP contribution in [-0.4, -0.2) is 46.2 Å². The molecule has 0 aliphatic carbocycles. The topological polar surface area (TPSA) is 127 Å². The minimum atomic E-state index is -1.26. The Morgan fingerprint density at radius 3 is 2.48 bits per heavy atom. The molecule has 3 N–H and O–H groups in total. The maximum atomic E-state index is 12.0. The lowest BCUT2D eigenvalue weighted by molar-refractivity contribution is -0.140. The minimum Gasteiger partial charge on any atom is -0.484 e. The molecule has 1 saturated heterocycles. The van der Waals surface area contributed by atoms with Crippen molar-refractivity contribution in [1.29, 1.82) is 0 Å². The highest BCUT2D eigenvalue weighted by Crippen LogP contribution is 2.32. The Hall–Kier alpha value is -2.81. The van der Waals surface area contributed by atoms with Gasteiger partial charge in [-0.15, -0.1) is 0 Å². The fraction of sp³-hybridized carbons (Fsp3) is 0.143. The molecule has 0 bridgehead atoms. The number of amides is 3. The molecule has 1 heterocycles. The number of thioether (sulfide) groups is 1. The molecule has 23 heavy (non-hydrogen) atoms. The van der Waals surface area contributed by atoms with Gasteiger partial charge in [-0.05, 0) is 35.5 Å². The molecule has 0 aromatic heterocycles. The third kappa shape index (κ3) is 4.33. The van der Waals surface area contributed by atoms with Gasteiger partial charge in [0.05, 0.1) is 4.91 Å². The molecule has 2 rings (SSSR count). The number of ether oxygens (including phenoxy) is 1. The number of benzene rings is 1. The summed E-state index contributed by atoms with van der Waals surface area (Å²) in [6.07, 6.45) is 1.48. The van der Waals surface area contributed by atoms with E-state index in [1.54, 1.807) is 24.3 Å². The standard InChI is InChI=1S/C14H12N2O6S/c15-11(17)7-22-9-3-1-8(2-4-9)5-10-13(20)16(6-12(18)19)14(21)23-10/h1-5H,6-7H2,(H2,15,17)(H,18,19)/b10-5-. The lowest BCUT2D eigenvalue weighted by Gasteiger charge is -2.07. The smallest absolute Gasteiger partial charge is 0.323 e. The van der Waals surface area contributed by atoms with E-state index in [1.807, 2.05) is 0 Å². The van der Waals surface area contributed by atoms with Gasteiger partial charge in [0.2, 0.25) is 0 Å². The number of nitrogens with zero attached hydrogens (tertiary/aromatic N) is 1. The van der Waals surface area contributed by atoms with Crippen molar-refractivity contribution in [2.45, 2.75) is 0 Å². The van der Waals surface area contributed by atoms with Crippen LogP contribution in [-0.2, 0) is 14.4 Å². The number of rotatable bonds is 6. The summed E-state index contributed by atoms with van der Waals surface area (Å²) < 4.78 is 5.10. The molecule has 3 amide bonds. The van der Waals surface area contributed by atoms with E-state index >= 15 is 0 Å². The van der Waals surface area contributed by atoms with Crippen molar-refractivity contribution < 1.29 is 29.0 Å². The maximum absolute atomic E-state index is 12.0. The number of carboxylic acids is 1. The number of carboxylic acid groups (broad SMARTS) is 1. The average Bonchev–Trinajstić information content (AvgIpc) is 2.74. The van der Waals surface area contributed by atoms with Crippen LogP contribution in [0, 0.1) is 0 Å². The minimum absolute atomic E-state index is 0.141. The number of hydrogen-bond acceptors (Lipinski definition) is 6. The second-order valence-corrected chi connectivity index (χ2v) is 5.48. The number of carbonyl (C=O) groups is 4. The number of hydrogen-bond donors (Lipinski definition) is 2. The summed E-state index contributed by atoms with van der Waals surface area (Å²) in [5.74, 6) is -2.07. The quantitative estimate of drug-likeness (QED) is 0.731. The zero-order valence-electron chi connectivity index (χ0n) is 11.7. The largest absolute Gasteiger partial charge is 0.484 e. The number of carbonyl (C=O) groups excluding carboxylic acids is 3. The number of primary amides is 1. The van der Waals surface area contributed by atoms with Gasteiger partial charge in [-0.1, -0.05) is 12.1 Å². The summed E-state index contributed by atoms with van der Waals surface area (Å²) in [5, 5.41) is 8.06. The first-order valence-electron chi connectivity index (χ1n) is 6.35. The van der Waals surface area contributed by atoms with Crippen molar-refractivity contribution in [1.82, 2.24) is 4.90 Å². The highest BCUT2D eigenvalue weighted by molar-refractivity contribution is 8.18. The molecular formula is C14H12N2O6S. The van der Waals surface area contributed by atoms with Gasteiger partial charge >= 0.3 is 5.97 Å². The predicted octanol–water partition coefficient (Wildman–Crippen LogP) is 0.672. The van der Waals surface area contributed by atoms with Crippen LogP contribution in [0.15, 0.2) is 29.2 Å².